The molecule has 17 heavy (non-hydrogen) atoms. The van der Waals surface area contributed by atoms with E-state index in [1.54, 1.807) is 12.3 Å². The van der Waals surface area contributed by atoms with E-state index in [0.717, 1.165) is 24.2 Å². The molecule has 2 atom stereocenters. The molecule has 1 aromatic rings. The summed E-state index contributed by atoms with van der Waals surface area (Å²) in [5.74, 6) is 0.775. The summed E-state index contributed by atoms with van der Waals surface area (Å²) in [5, 5.41) is 1.94. The van der Waals surface area contributed by atoms with E-state index in [4.69, 9.17) is 27.9 Å². The third kappa shape index (κ3) is 3.25. The van der Waals surface area contributed by atoms with E-state index >= 15 is 0 Å². The van der Waals surface area contributed by atoms with Crippen LogP contribution in [0.2, 0.25) is 10.0 Å². The molecule has 2 rings (SSSR count). The minimum absolute atomic E-state index is 0.160. The number of hydrogen-bond acceptors (Lipinski definition) is 3. The Kier molecular flexibility index (Phi) is 4.53. The van der Waals surface area contributed by atoms with Gasteiger partial charge >= 0.3 is 0 Å². The highest BCUT2D eigenvalue weighted by Gasteiger charge is 2.26. The summed E-state index contributed by atoms with van der Waals surface area (Å²) < 4.78 is 5.77. The number of hydrogen-bond donors (Lipinski definition) is 0. The van der Waals surface area contributed by atoms with Crippen LogP contribution in [-0.2, 0) is 4.74 Å². The highest BCUT2D eigenvalue weighted by molar-refractivity contribution is 9.09. The lowest BCUT2D eigenvalue weighted by atomic mass is 10.2. The van der Waals surface area contributed by atoms with Crippen LogP contribution in [0.3, 0.4) is 0 Å². The number of rotatable bonds is 2. The lowest BCUT2D eigenvalue weighted by Crippen LogP contribution is -2.47. The lowest BCUT2D eigenvalue weighted by Gasteiger charge is -2.37. The van der Waals surface area contributed by atoms with Crippen molar-refractivity contribution in [1.82, 2.24) is 4.98 Å². The van der Waals surface area contributed by atoms with Gasteiger partial charge in [-0.2, -0.15) is 0 Å². The number of anilines is 1. The summed E-state index contributed by atoms with van der Waals surface area (Å²) in [4.78, 5) is 6.43. The molecule has 0 bridgehead atoms. The molecule has 1 aromatic heterocycles. The Labute approximate surface area is 119 Å². The van der Waals surface area contributed by atoms with Crippen LogP contribution >= 0.6 is 39.1 Å². The van der Waals surface area contributed by atoms with E-state index in [1.807, 2.05) is 6.92 Å². The first-order valence-corrected chi connectivity index (χ1v) is 7.25. The molecule has 0 aromatic carbocycles. The molecule has 0 spiro atoms. The Morgan fingerprint density at radius 1 is 1.53 bits per heavy atom. The van der Waals surface area contributed by atoms with E-state index in [9.17, 15) is 0 Å². The van der Waals surface area contributed by atoms with Gasteiger partial charge < -0.3 is 9.64 Å². The number of morpholine rings is 1. The van der Waals surface area contributed by atoms with E-state index in [2.05, 4.69) is 25.8 Å². The molecule has 6 heteroatoms. The average molecular weight is 340 g/mol. The fourth-order valence-electron chi connectivity index (χ4n) is 1.94. The quantitative estimate of drug-likeness (QED) is 0.772. The minimum Gasteiger partial charge on any atom is -0.371 e. The van der Waals surface area contributed by atoms with Gasteiger partial charge in [-0.15, -0.1) is 0 Å². The number of halogens is 3. The molecule has 0 amide bonds. The van der Waals surface area contributed by atoms with Crippen LogP contribution in [0.15, 0.2) is 12.3 Å². The summed E-state index contributed by atoms with van der Waals surface area (Å²) >= 11 is 15.4. The standard InChI is InChI=1S/C11H13BrCl2N2O/c1-7-5-16(6-9(3-12)17-7)11-10(14)2-8(13)4-15-11/h2,4,7,9H,3,5-6H2,1H3. The zero-order chi connectivity index (χ0) is 12.4. The third-order valence-corrected chi connectivity index (χ3v) is 3.79. The van der Waals surface area contributed by atoms with Gasteiger partial charge in [0.2, 0.25) is 0 Å². The van der Waals surface area contributed by atoms with Crippen LogP contribution in [0, 0.1) is 0 Å². The Bertz CT molecular complexity index is 405. The summed E-state index contributed by atoms with van der Waals surface area (Å²) in [6.07, 6.45) is 1.94. The Morgan fingerprint density at radius 3 is 2.94 bits per heavy atom. The molecule has 1 aliphatic heterocycles. The van der Waals surface area contributed by atoms with Gasteiger partial charge in [-0.05, 0) is 13.0 Å². The highest BCUT2D eigenvalue weighted by atomic mass is 79.9. The molecule has 0 saturated carbocycles. The van der Waals surface area contributed by atoms with Crippen LogP contribution in [0.5, 0.6) is 0 Å². The molecular weight excluding hydrogens is 327 g/mol. The number of nitrogens with zero attached hydrogens (tertiary/aromatic N) is 2. The molecule has 1 fully saturated rings. The fourth-order valence-corrected chi connectivity index (χ4v) is 2.80. The van der Waals surface area contributed by atoms with Crippen LogP contribution < -0.4 is 4.90 Å². The molecule has 1 saturated heterocycles. The van der Waals surface area contributed by atoms with E-state index in [0.29, 0.717) is 10.0 Å². The van der Waals surface area contributed by atoms with Gasteiger partial charge in [-0.1, -0.05) is 39.1 Å². The Hall–Kier alpha value is -0.0300. The molecule has 2 unspecified atom stereocenters. The molecule has 1 aliphatic rings. The summed E-state index contributed by atoms with van der Waals surface area (Å²) in [7, 11) is 0. The second-order valence-electron chi connectivity index (χ2n) is 4.09. The lowest BCUT2D eigenvalue weighted by molar-refractivity contribution is -0.00222. The number of pyridine rings is 1. The first-order valence-electron chi connectivity index (χ1n) is 5.37. The molecule has 0 radical (unpaired) electrons. The second kappa shape index (κ2) is 5.74. The van der Waals surface area contributed by atoms with E-state index in [1.165, 1.54) is 0 Å². The maximum atomic E-state index is 6.16. The first kappa shape index (κ1) is 13.4. The first-order chi connectivity index (χ1) is 8.10. The largest absolute Gasteiger partial charge is 0.371 e. The molecular formula is C11H13BrCl2N2O. The third-order valence-electron chi connectivity index (χ3n) is 2.59. The highest BCUT2D eigenvalue weighted by Crippen LogP contribution is 2.28. The van der Waals surface area contributed by atoms with Gasteiger partial charge in [-0.25, -0.2) is 4.98 Å². The van der Waals surface area contributed by atoms with Gasteiger partial charge in [-0.3, -0.25) is 0 Å². The van der Waals surface area contributed by atoms with Crippen molar-refractivity contribution in [3.8, 4) is 0 Å². The summed E-state index contributed by atoms with van der Waals surface area (Å²) in [6.45, 7) is 3.62. The van der Waals surface area contributed by atoms with Crippen molar-refractivity contribution in [3.63, 3.8) is 0 Å². The number of aromatic nitrogens is 1. The normalized spacial score (nSPS) is 25.1. The van der Waals surface area contributed by atoms with Crippen molar-refractivity contribution < 1.29 is 4.74 Å². The predicted molar refractivity (Wildman–Crippen MR) is 74.6 cm³/mol. The SMILES string of the molecule is CC1CN(c2ncc(Cl)cc2Cl)CC(CBr)O1. The average Bonchev–Trinajstić information content (AvgIpc) is 2.28. The maximum Gasteiger partial charge on any atom is 0.147 e. The maximum absolute atomic E-state index is 6.16. The van der Waals surface area contributed by atoms with Crippen molar-refractivity contribution in [2.24, 2.45) is 0 Å². The Morgan fingerprint density at radius 2 is 2.29 bits per heavy atom. The smallest absolute Gasteiger partial charge is 0.147 e. The summed E-state index contributed by atoms with van der Waals surface area (Å²) in [5.41, 5.74) is 0. The fraction of sp³-hybridized carbons (Fsp3) is 0.545. The van der Waals surface area contributed by atoms with Crippen LogP contribution in [0.1, 0.15) is 6.92 Å². The van der Waals surface area contributed by atoms with Crippen molar-refractivity contribution in [2.45, 2.75) is 19.1 Å². The topological polar surface area (TPSA) is 25.4 Å². The van der Waals surface area contributed by atoms with Gasteiger partial charge in [0.25, 0.3) is 0 Å². The summed E-state index contributed by atoms with van der Waals surface area (Å²) in [6, 6.07) is 1.72. The van der Waals surface area contributed by atoms with Crippen LogP contribution in [0.25, 0.3) is 0 Å². The van der Waals surface area contributed by atoms with Crippen molar-refractivity contribution in [3.05, 3.63) is 22.3 Å². The van der Waals surface area contributed by atoms with Crippen LogP contribution in [-0.4, -0.2) is 35.6 Å². The Balaban J connectivity index is 2.20. The van der Waals surface area contributed by atoms with E-state index in [-0.39, 0.29) is 12.2 Å². The monoisotopic (exact) mass is 338 g/mol. The van der Waals surface area contributed by atoms with Crippen LogP contribution in [0.4, 0.5) is 5.82 Å². The van der Waals surface area contributed by atoms with Gasteiger partial charge in [0.15, 0.2) is 0 Å². The molecule has 0 N–H and O–H groups in total. The van der Waals surface area contributed by atoms with Gasteiger partial charge in [0, 0.05) is 24.6 Å². The zero-order valence-corrected chi connectivity index (χ0v) is 12.5. The second-order valence-corrected chi connectivity index (χ2v) is 5.58. The van der Waals surface area contributed by atoms with Gasteiger partial charge in [0.05, 0.1) is 22.3 Å². The van der Waals surface area contributed by atoms with Crippen molar-refractivity contribution in [2.75, 3.05) is 23.3 Å². The van der Waals surface area contributed by atoms with Crippen molar-refractivity contribution in [1.29, 1.82) is 0 Å². The van der Waals surface area contributed by atoms with Gasteiger partial charge in [0.1, 0.15) is 5.82 Å². The zero-order valence-electron chi connectivity index (χ0n) is 9.37. The number of ether oxygens (including phenoxy) is 1. The number of alkyl halides is 1. The molecule has 94 valence electrons. The predicted octanol–water partition coefficient (Wildman–Crippen LogP) is 3.38. The molecule has 0 aliphatic carbocycles. The minimum atomic E-state index is 0.160. The van der Waals surface area contributed by atoms with E-state index < -0.39 is 0 Å². The molecule has 2 heterocycles. The van der Waals surface area contributed by atoms with Crippen molar-refractivity contribution >= 4 is 44.9 Å². The molecule has 3 nitrogen and oxygen atoms in total.